The van der Waals surface area contributed by atoms with Crippen molar-refractivity contribution in [2.24, 2.45) is 5.41 Å². The number of ketones is 1. The first kappa shape index (κ1) is 21.6. The van der Waals surface area contributed by atoms with Gasteiger partial charge in [-0.25, -0.2) is 0 Å². The zero-order valence-electron chi connectivity index (χ0n) is 20.0. The third kappa shape index (κ3) is 3.39. The second kappa shape index (κ2) is 8.67. The van der Waals surface area contributed by atoms with Gasteiger partial charge in [-0.1, -0.05) is 90.5 Å². The van der Waals surface area contributed by atoms with E-state index >= 15 is 0 Å². The van der Waals surface area contributed by atoms with Crippen LogP contribution in [0.1, 0.15) is 66.3 Å². The molecule has 0 radical (unpaired) electrons. The van der Waals surface area contributed by atoms with Crippen molar-refractivity contribution < 1.29 is 4.79 Å². The van der Waals surface area contributed by atoms with E-state index in [-0.39, 0.29) is 17.4 Å². The average Bonchev–Trinajstić information content (AvgIpc) is 3.45. The van der Waals surface area contributed by atoms with Crippen LogP contribution in [0.2, 0.25) is 0 Å². The van der Waals surface area contributed by atoms with E-state index < -0.39 is 0 Å². The molecule has 0 aromatic heterocycles. The molecule has 2 heterocycles. The van der Waals surface area contributed by atoms with Gasteiger partial charge in [-0.3, -0.25) is 9.69 Å². The van der Waals surface area contributed by atoms with Crippen LogP contribution in [0, 0.1) is 12.3 Å². The minimum absolute atomic E-state index is 0.175. The van der Waals surface area contributed by atoms with Gasteiger partial charge in [0, 0.05) is 18.0 Å². The highest BCUT2D eigenvalue weighted by Gasteiger charge is 2.64. The van der Waals surface area contributed by atoms with Gasteiger partial charge in [0.1, 0.15) is 0 Å². The molecule has 172 valence electrons. The lowest BCUT2D eigenvalue weighted by atomic mass is 9.58. The summed E-state index contributed by atoms with van der Waals surface area (Å²) < 4.78 is 0. The summed E-state index contributed by atoms with van der Waals surface area (Å²) in [5.74, 6) is 0.580. The van der Waals surface area contributed by atoms with Crippen molar-refractivity contribution in [3.8, 4) is 0 Å². The molecule has 6 rings (SSSR count). The molecule has 0 bridgehead atoms. The Balaban J connectivity index is 1.52. The van der Waals surface area contributed by atoms with E-state index in [2.05, 4.69) is 96.8 Å². The summed E-state index contributed by atoms with van der Waals surface area (Å²) >= 11 is 0. The zero-order chi connectivity index (χ0) is 23.1. The molecule has 0 N–H and O–H groups in total. The molecule has 2 aliphatic heterocycles. The summed E-state index contributed by atoms with van der Waals surface area (Å²) in [5.41, 5.74) is 5.76. The Kier molecular flexibility index (Phi) is 5.50. The molecule has 4 atom stereocenters. The molecular formula is C32H33NO. The van der Waals surface area contributed by atoms with Gasteiger partial charge in [0.15, 0.2) is 5.78 Å². The lowest BCUT2D eigenvalue weighted by Crippen LogP contribution is -2.47. The fraction of sp³-hybridized carbons (Fsp3) is 0.344. The number of hydrogen-bond acceptors (Lipinski definition) is 2. The summed E-state index contributed by atoms with van der Waals surface area (Å²) in [7, 11) is 0. The molecule has 1 spiro atoms. The quantitative estimate of drug-likeness (QED) is 0.398. The van der Waals surface area contributed by atoms with Gasteiger partial charge >= 0.3 is 0 Å². The van der Waals surface area contributed by atoms with Crippen molar-refractivity contribution in [2.45, 2.75) is 57.0 Å². The van der Waals surface area contributed by atoms with Crippen LogP contribution in [-0.2, 0) is 4.79 Å². The highest BCUT2D eigenvalue weighted by Crippen LogP contribution is 2.64. The van der Waals surface area contributed by atoms with Crippen LogP contribution >= 0.6 is 0 Å². The van der Waals surface area contributed by atoms with Crippen LogP contribution in [0.4, 0.5) is 0 Å². The van der Waals surface area contributed by atoms with Gasteiger partial charge < -0.3 is 0 Å². The maximum atomic E-state index is 14.6. The summed E-state index contributed by atoms with van der Waals surface area (Å²) in [6.45, 7) is 3.23. The van der Waals surface area contributed by atoms with Crippen molar-refractivity contribution in [1.29, 1.82) is 0 Å². The Labute approximate surface area is 203 Å². The highest BCUT2D eigenvalue weighted by atomic mass is 16.1. The van der Waals surface area contributed by atoms with Gasteiger partial charge in [0.25, 0.3) is 0 Å². The fourth-order valence-electron chi connectivity index (χ4n) is 7.24. The summed E-state index contributed by atoms with van der Waals surface area (Å²) in [5, 5.41) is 0. The molecule has 2 nitrogen and oxygen atoms in total. The molecule has 4 unspecified atom stereocenters. The number of benzene rings is 3. The number of carbonyl (C=O) groups is 1. The van der Waals surface area contributed by atoms with Gasteiger partial charge in [0.2, 0.25) is 0 Å². The SMILES string of the molecule is Cc1ccc(C2C(c3ccccc3)C3(CCC/C(=C\c4ccccc4)C3=O)C3CCCN23)cc1. The second-order valence-corrected chi connectivity index (χ2v) is 10.4. The normalized spacial score (nSPS) is 30.2. The topological polar surface area (TPSA) is 20.3 Å². The first-order valence-electron chi connectivity index (χ1n) is 12.9. The van der Waals surface area contributed by atoms with Gasteiger partial charge in [0.05, 0.1) is 5.41 Å². The maximum Gasteiger partial charge on any atom is 0.167 e. The van der Waals surface area contributed by atoms with Crippen molar-refractivity contribution in [3.63, 3.8) is 0 Å². The van der Waals surface area contributed by atoms with Crippen LogP contribution in [0.15, 0.2) is 90.5 Å². The highest BCUT2D eigenvalue weighted by molar-refractivity contribution is 6.05. The fourth-order valence-corrected chi connectivity index (χ4v) is 7.24. The summed E-state index contributed by atoms with van der Waals surface area (Å²) in [4.78, 5) is 17.3. The van der Waals surface area contributed by atoms with Crippen LogP contribution < -0.4 is 0 Å². The van der Waals surface area contributed by atoms with E-state index in [1.807, 2.05) is 6.07 Å². The van der Waals surface area contributed by atoms with Crippen molar-refractivity contribution in [3.05, 3.63) is 113 Å². The second-order valence-electron chi connectivity index (χ2n) is 10.4. The van der Waals surface area contributed by atoms with E-state index in [4.69, 9.17) is 0 Å². The van der Waals surface area contributed by atoms with Crippen molar-refractivity contribution in [1.82, 2.24) is 4.90 Å². The average molecular weight is 448 g/mol. The molecule has 2 heteroatoms. The molecule has 3 aromatic rings. The van der Waals surface area contributed by atoms with Crippen molar-refractivity contribution in [2.75, 3.05) is 6.54 Å². The van der Waals surface area contributed by atoms with E-state index in [0.717, 1.165) is 43.4 Å². The van der Waals surface area contributed by atoms with E-state index in [0.29, 0.717) is 11.8 Å². The number of nitrogens with zero attached hydrogens (tertiary/aromatic N) is 1. The van der Waals surface area contributed by atoms with Gasteiger partial charge in [-0.2, -0.15) is 0 Å². The Morgan fingerprint density at radius 2 is 1.56 bits per heavy atom. The van der Waals surface area contributed by atoms with Crippen LogP contribution in [-0.4, -0.2) is 23.3 Å². The molecule has 0 amide bonds. The summed E-state index contributed by atoms with van der Waals surface area (Å²) in [6.07, 6.45) is 7.43. The van der Waals surface area contributed by atoms with Gasteiger partial charge in [-0.15, -0.1) is 0 Å². The predicted octanol–water partition coefficient (Wildman–Crippen LogP) is 7.12. The first-order chi connectivity index (χ1) is 16.7. The number of hydrogen-bond donors (Lipinski definition) is 0. The van der Waals surface area contributed by atoms with Crippen LogP contribution in [0.25, 0.3) is 6.08 Å². The standard InChI is InChI=1S/C32H33NO/c1-23-16-18-26(19-17-23)30-29(25-12-6-3-7-13-25)32(28-15-9-21-33(28)30)20-8-14-27(31(32)34)22-24-10-4-2-5-11-24/h2-7,10-13,16-19,22,28-30H,8-9,14-15,20-21H2,1H3/b27-22+. The zero-order valence-corrected chi connectivity index (χ0v) is 20.0. The Morgan fingerprint density at radius 1 is 0.853 bits per heavy atom. The molecule has 34 heavy (non-hydrogen) atoms. The molecule has 1 saturated carbocycles. The van der Waals surface area contributed by atoms with Gasteiger partial charge in [-0.05, 0) is 73.9 Å². The lowest BCUT2D eigenvalue weighted by Gasteiger charge is -2.42. The molecule has 3 aliphatic rings. The third-order valence-corrected chi connectivity index (χ3v) is 8.59. The Morgan fingerprint density at radius 3 is 2.29 bits per heavy atom. The Hall–Kier alpha value is -2.97. The van der Waals surface area contributed by atoms with Crippen LogP contribution in [0.3, 0.4) is 0 Å². The molecular weight excluding hydrogens is 414 g/mol. The molecule has 1 aliphatic carbocycles. The van der Waals surface area contributed by atoms with Crippen molar-refractivity contribution >= 4 is 11.9 Å². The molecule has 2 saturated heterocycles. The number of aryl methyl sites for hydroxylation is 1. The minimum Gasteiger partial charge on any atom is -0.294 e. The minimum atomic E-state index is -0.355. The number of rotatable bonds is 3. The maximum absolute atomic E-state index is 14.6. The molecule has 3 aromatic carbocycles. The van der Waals surface area contributed by atoms with E-state index in [9.17, 15) is 4.79 Å². The largest absolute Gasteiger partial charge is 0.294 e. The number of allylic oxidation sites excluding steroid dienone is 1. The third-order valence-electron chi connectivity index (χ3n) is 8.59. The monoisotopic (exact) mass is 447 g/mol. The number of Topliss-reactive ketones (excluding diaryl/α,β-unsaturated/α-hetero) is 1. The Bertz CT molecular complexity index is 1200. The summed E-state index contributed by atoms with van der Waals surface area (Å²) in [6, 6.07) is 30.9. The van der Waals surface area contributed by atoms with Crippen LogP contribution in [0.5, 0.6) is 0 Å². The molecule has 3 fully saturated rings. The lowest BCUT2D eigenvalue weighted by molar-refractivity contribution is -0.128. The van der Waals surface area contributed by atoms with E-state index in [1.165, 1.54) is 23.1 Å². The smallest absolute Gasteiger partial charge is 0.167 e. The number of carbonyl (C=O) groups excluding carboxylic acids is 1. The number of fused-ring (bicyclic) bond motifs is 2. The predicted molar refractivity (Wildman–Crippen MR) is 139 cm³/mol. The first-order valence-corrected chi connectivity index (χ1v) is 12.9. The van der Waals surface area contributed by atoms with E-state index in [1.54, 1.807) is 0 Å².